The Kier molecular flexibility index (Phi) is 7.73. The zero-order valence-corrected chi connectivity index (χ0v) is 19.0. The van der Waals surface area contributed by atoms with Gasteiger partial charge in [-0.15, -0.1) is 0 Å². The fraction of sp³-hybridized carbons (Fsp3) is 0.407. The number of hydrogen-bond donors (Lipinski definition) is 1. The Morgan fingerprint density at radius 1 is 1.03 bits per heavy atom. The largest absolute Gasteiger partial charge is 0.311 e. The van der Waals surface area contributed by atoms with Crippen LogP contribution in [-0.4, -0.2) is 40.2 Å². The van der Waals surface area contributed by atoms with Crippen molar-refractivity contribution in [3.05, 3.63) is 84.1 Å². The standard InChI is InChI=1S/C27H34N4O/c1-22(24-12-6-3-7-13-24)21-30-19-16-25(17-20-30)31-26(15-18-28-31)29-27(32)14-8-11-23-9-4-2-5-10-23/h2-7,9-10,12-13,15,18,22,25H,8,11,14,16-17,19-21H2,1H3,(H,29,32)/t22-/m0/s1. The van der Waals surface area contributed by atoms with Gasteiger partial charge in [0, 0.05) is 32.1 Å². The lowest BCUT2D eigenvalue weighted by molar-refractivity contribution is -0.116. The molecule has 0 bridgehead atoms. The zero-order valence-electron chi connectivity index (χ0n) is 19.0. The Bertz CT molecular complexity index is 962. The number of piperidine rings is 1. The molecule has 1 aliphatic heterocycles. The summed E-state index contributed by atoms with van der Waals surface area (Å²) in [4.78, 5) is 15.0. The predicted molar refractivity (Wildman–Crippen MR) is 130 cm³/mol. The molecular formula is C27H34N4O. The van der Waals surface area contributed by atoms with Gasteiger partial charge in [0.1, 0.15) is 5.82 Å². The van der Waals surface area contributed by atoms with Crippen LogP contribution >= 0.6 is 0 Å². The Hall–Kier alpha value is -2.92. The fourth-order valence-corrected chi connectivity index (χ4v) is 4.63. The van der Waals surface area contributed by atoms with E-state index in [0.717, 1.165) is 51.1 Å². The van der Waals surface area contributed by atoms with Crippen LogP contribution in [0, 0.1) is 0 Å². The smallest absolute Gasteiger partial charge is 0.225 e. The number of nitrogens with zero attached hydrogens (tertiary/aromatic N) is 3. The van der Waals surface area contributed by atoms with E-state index < -0.39 is 0 Å². The summed E-state index contributed by atoms with van der Waals surface area (Å²) in [5.74, 6) is 1.42. The topological polar surface area (TPSA) is 50.2 Å². The van der Waals surface area contributed by atoms with E-state index in [4.69, 9.17) is 0 Å². The SMILES string of the molecule is C[C@@H](CN1CCC(n2nccc2NC(=O)CCCc2ccccc2)CC1)c1ccccc1. The Morgan fingerprint density at radius 3 is 2.44 bits per heavy atom. The van der Waals surface area contributed by atoms with E-state index in [0.29, 0.717) is 18.4 Å². The van der Waals surface area contributed by atoms with Crippen LogP contribution in [0.25, 0.3) is 0 Å². The molecule has 5 nitrogen and oxygen atoms in total. The van der Waals surface area contributed by atoms with Crippen molar-refractivity contribution < 1.29 is 4.79 Å². The highest BCUT2D eigenvalue weighted by molar-refractivity contribution is 5.89. The van der Waals surface area contributed by atoms with Crippen LogP contribution in [0.3, 0.4) is 0 Å². The van der Waals surface area contributed by atoms with Crippen LogP contribution < -0.4 is 5.32 Å². The number of benzene rings is 2. The van der Waals surface area contributed by atoms with E-state index in [2.05, 4.69) is 64.7 Å². The minimum atomic E-state index is 0.0665. The number of aryl methyl sites for hydroxylation is 1. The van der Waals surface area contributed by atoms with Crippen LogP contribution in [-0.2, 0) is 11.2 Å². The number of rotatable bonds is 9. The van der Waals surface area contributed by atoms with Gasteiger partial charge in [0.15, 0.2) is 0 Å². The third-order valence-corrected chi connectivity index (χ3v) is 6.45. The number of aromatic nitrogens is 2. The molecule has 168 valence electrons. The first kappa shape index (κ1) is 22.3. The molecule has 0 saturated carbocycles. The van der Waals surface area contributed by atoms with Crippen LogP contribution in [0.1, 0.15) is 55.7 Å². The lowest BCUT2D eigenvalue weighted by Crippen LogP contribution is -2.37. The Labute approximate surface area is 191 Å². The molecule has 0 radical (unpaired) electrons. The molecule has 1 N–H and O–H groups in total. The second kappa shape index (κ2) is 11.1. The minimum Gasteiger partial charge on any atom is -0.311 e. The van der Waals surface area contributed by atoms with Crippen LogP contribution in [0.5, 0.6) is 0 Å². The van der Waals surface area contributed by atoms with Gasteiger partial charge < -0.3 is 10.2 Å². The highest BCUT2D eigenvalue weighted by atomic mass is 16.1. The summed E-state index contributed by atoms with van der Waals surface area (Å²) in [5.41, 5.74) is 2.68. The molecule has 1 aliphatic rings. The van der Waals surface area contributed by atoms with Gasteiger partial charge >= 0.3 is 0 Å². The molecule has 2 heterocycles. The van der Waals surface area contributed by atoms with Gasteiger partial charge in [-0.05, 0) is 42.7 Å². The molecule has 3 aromatic rings. The molecule has 32 heavy (non-hydrogen) atoms. The quantitative estimate of drug-likeness (QED) is 0.502. The molecule has 4 rings (SSSR count). The third-order valence-electron chi connectivity index (χ3n) is 6.45. The van der Waals surface area contributed by atoms with Crippen molar-refractivity contribution in [1.82, 2.24) is 14.7 Å². The van der Waals surface area contributed by atoms with Gasteiger partial charge in [0.25, 0.3) is 0 Å². The van der Waals surface area contributed by atoms with E-state index >= 15 is 0 Å². The summed E-state index contributed by atoms with van der Waals surface area (Å²) in [6.45, 7) is 5.51. The second-order valence-electron chi connectivity index (χ2n) is 8.89. The lowest BCUT2D eigenvalue weighted by Gasteiger charge is -2.34. The van der Waals surface area contributed by atoms with Crippen LogP contribution in [0.4, 0.5) is 5.82 Å². The summed E-state index contributed by atoms with van der Waals surface area (Å²) in [6, 6.07) is 23.3. The number of likely N-dealkylation sites (tertiary alicyclic amines) is 1. The van der Waals surface area contributed by atoms with Crippen LogP contribution in [0.2, 0.25) is 0 Å². The second-order valence-corrected chi connectivity index (χ2v) is 8.89. The van der Waals surface area contributed by atoms with E-state index in [-0.39, 0.29) is 5.91 Å². The van der Waals surface area contributed by atoms with Gasteiger partial charge in [-0.3, -0.25) is 4.79 Å². The number of anilines is 1. The predicted octanol–water partition coefficient (Wildman–Crippen LogP) is 5.29. The van der Waals surface area contributed by atoms with E-state index in [1.54, 1.807) is 6.20 Å². The molecule has 1 atom stereocenters. The van der Waals surface area contributed by atoms with Gasteiger partial charge in [-0.25, -0.2) is 4.68 Å². The van der Waals surface area contributed by atoms with Crippen molar-refractivity contribution in [3.8, 4) is 0 Å². The minimum absolute atomic E-state index is 0.0665. The molecule has 2 aromatic carbocycles. The highest BCUT2D eigenvalue weighted by Crippen LogP contribution is 2.27. The maximum Gasteiger partial charge on any atom is 0.225 e. The summed E-state index contributed by atoms with van der Waals surface area (Å²) >= 11 is 0. The number of hydrogen-bond acceptors (Lipinski definition) is 3. The molecular weight excluding hydrogens is 396 g/mol. The van der Waals surface area contributed by atoms with Gasteiger partial charge in [0.05, 0.1) is 12.2 Å². The van der Waals surface area contributed by atoms with E-state index in [1.807, 2.05) is 28.9 Å². The summed E-state index contributed by atoms with van der Waals surface area (Å²) < 4.78 is 2.02. The zero-order chi connectivity index (χ0) is 22.2. The van der Waals surface area contributed by atoms with Crippen LogP contribution in [0.15, 0.2) is 72.9 Å². The summed E-state index contributed by atoms with van der Waals surface area (Å²) in [6.07, 6.45) is 6.20. The van der Waals surface area contributed by atoms with Gasteiger partial charge in [-0.2, -0.15) is 5.10 Å². The molecule has 5 heteroatoms. The maximum absolute atomic E-state index is 12.5. The molecule has 1 aromatic heterocycles. The number of carbonyl (C=O) groups excluding carboxylic acids is 1. The first-order valence-corrected chi connectivity index (χ1v) is 11.8. The summed E-state index contributed by atoms with van der Waals surface area (Å²) in [7, 11) is 0. The molecule has 1 amide bonds. The average molecular weight is 431 g/mol. The highest BCUT2D eigenvalue weighted by Gasteiger charge is 2.24. The molecule has 0 aliphatic carbocycles. The maximum atomic E-state index is 12.5. The van der Waals surface area contributed by atoms with Gasteiger partial charge in [-0.1, -0.05) is 67.6 Å². The normalized spacial score (nSPS) is 16.0. The number of nitrogens with one attached hydrogen (secondary N) is 1. The van der Waals surface area contributed by atoms with Gasteiger partial charge in [0.2, 0.25) is 5.91 Å². The van der Waals surface area contributed by atoms with Crippen molar-refractivity contribution >= 4 is 11.7 Å². The summed E-state index contributed by atoms with van der Waals surface area (Å²) in [5, 5.41) is 7.62. The van der Waals surface area contributed by atoms with Crippen molar-refractivity contribution in [2.75, 3.05) is 25.0 Å². The van der Waals surface area contributed by atoms with Crippen molar-refractivity contribution in [2.24, 2.45) is 0 Å². The average Bonchev–Trinajstić information content (AvgIpc) is 3.29. The first-order chi connectivity index (χ1) is 15.7. The lowest BCUT2D eigenvalue weighted by atomic mass is 9.98. The molecule has 0 spiro atoms. The first-order valence-electron chi connectivity index (χ1n) is 11.8. The number of amides is 1. The van der Waals surface area contributed by atoms with Crippen molar-refractivity contribution in [1.29, 1.82) is 0 Å². The molecule has 0 unspecified atom stereocenters. The van der Waals surface area contributed by atoms with E-state index in [9.17, 15) is 4.79 Å². The van der Waals surface area contributed by atoms with E-state index in [1.165, 1.54) is 11.1 Å². The molecule has 1 fully saturated rings. The molecule has 1 saturated heterocycles. The van der Waals surface area contributed by atoms with Crippen molar-refractivity contribution in [3.63, 3.8) is 0 Å². The monoisotopic (exact) mass is 430 g/mol. The third kappa shape index (κ3) is 6.07. The van der Waals surface area contributed by atoms with Crippen molar-refractivity contribution in [2.45, 2.75) is 51.0 Å². The number of carbonyl (C=O) groups is 1. The Morgan fingerprint density at radius 2 is 1.72 bits per heavy atom. The Balaban J connectivity index is 1.23. The fourth-order valence-electron chi connectivity index (χ4n) is 4.63.